The maximum atomic E-state index is 13.2. The maximum Gasteiger partial charge on any atom is 0.123 e. The van der Waals surface area contributed by atoms with Crippen molar-refractivity contribution in [1.82, 2.24) is 5.32 Å². The number of fused-ring (bicyclic) bond motifs is 1. The van der Waals surface area contributed by atoms with Crippen molar-refractivity contribution in [3.05, 3.63) is 35.1 Å². The topological polar surface area (TPSA) is 12.0 Å². The van der Waals surface area contributed by atoms with Gasteiger partial charge in [-0.3, -0.25) is 0 Å². The third-order valence-electron chi connectivity index (χ3n) is 4.35. The highest BCUT2D eigenvalue weighted by Gasteiger charge is 2.31. The summed E-state index contributed by atoms with van der Waals surface area (Å²) in [5.74, 6) is -0.0998. The van der Waals surface area contributed by atoms with Gasteiger partial charge in [0.1, 0.15) is 5.82 Å². The fraction of sp³-hybridized carbons (Fsp3) is 0.600. The first-order valence-corrected chi connectivity index (χ1v) is 8.14. The summed E-state index contributed by atoms with van der Waals surface area (Å²) in [7, 11) is 0. The molecule has 0 bridgehead atoms. The summed E-state index contributed by atoms with van der Waals surface area (Å²) in [5.41, 5.74) is 2.52. The first kappa shape index (κ1) is 12.5. The van der Waals surface area contributed by atoms with E-state index in [2.05, 4.69) is 11.6 Å². The molecule has 0 spiro atoms. The van der Waals surface area contributed by atoms with Crippen LogP contribution in [-0.4, -0.2) is 17.5 Å². The first-order chi connectivity index (χ1) is 8.78. The minimum Gasteiger partial charge on any atom is -0.306 e. The lowest BCUT2D eigenvalue weighted by Crippen LogP contribution is -2.36. The van der Waals surface area contributed by atoms with Crippen LogP contribution >= 0.6 is 11.8 Å². The molecular formula is C15H20FNS. The van der Waals surface area contributed by atoms with Crippen LogP contribution in [0.1, 0.15) is 42.9 Å². The molecule has 2 aliphatic rings. The van der Waals surface area contributed by atoms with Gasteiger partial charge in [-0.05, 0) is 55.2 Å². The Morgan fingerprint density at radius 1 is 1.28 bits per heavy atom. The number of benzene rings is 1. The van der Waals surface area contributed by atoms with Gasteiger partial charge < -0.3 is 5.32 Å². The minimum atomic E-state index is -0.0998. The van der Waals surface area contributed by atoms with E-state index in [0.717, 1.165) is 18.1 Å². The van der Waals surface area contributed by atoms with Gasteiger partial charge in [0.2, 0.25) is 0 Å². The Hall–Kier alpha value is -0.540. The number of nitrogens with one attached hydrogen (secondary N) is 1. The van der Waals surface area contributed by atoms with Gasteiger partial charge in [-0.2, -0.15) is 11.8 Å². The molecule has 18 heavy (non-hydrogen) atoms. The molecule has 3 rings (SSSR count). The van der Waals surface area contributed by atoms with Gasteiger partial charge in [0, 0.05) is 17.3 Å². The molecule has 1 nitrogen and oxygen atoms in total. The number of hydrogen-bond acceptors (Lipinski definition) is 2. The lowest BCUT2D eigenvalue weighted by molar-refractivity contribution is 0.443. The number of halogens is 1. The van der Waals surface area contributed by atoms with Crippen LogP contribution < -0.4 is 5.32 Å². The second kappa shape index (κ2) is 5.22. The monoisotopic (exact) mass is 265 g/mol. The average Bonchev–Trinajstić information content (AvgIpc) is 2.96. The normalized spacial score (nSPS) is 30.7. The van der Waals surface area contributed by atoms with Crippen LogP contribution in [0.25, 0.3) is 0 Å². The van der Waals surface area contributed by atoms with Gasteiger partial charge in [0.25, 0.3) is 0 Å². The Labute approximate surface area is 113 Å². The molecule has 3 heteroatoms. The van der Waals surface area contributed by atoms with Crippen molar-refractivity contribution in [2.45, 2.75) is 49.4 Å². The molecule has 98 valence electrons. The van der Waals surface area contributed by atoms with Crippen LogP contribution in [0.2, 0.25) is 0 Å². The Bertz CT molecular complexity index is 435. The smallest absolute Gasteiger partial charge is 0.123 e. The second-order valence-electron chi connectivity index (χ2n) is 5.41. The van der Waals surface area contributed by atoms with E-state index in [1.807, 2.05) is 17.8 Å². The Morgan fingerprint density at radius 3 is 3.00 bits per heavy atom. The van der Waals surface area contributed by atoms with Gasteiger partial charge in [0.15, 0.2) is 0 Å². The number of rotatable bonds is 3. The first-order valence-electron chi connectivity index (χ1n) is 6.85. The van der Waals surface area contributed by atoms with Crippen LogP contribution in [0.4, 0.5) is 4.39 Å². The minimum absolute atomic E-state index is 0.0998. The predicted octanol–water partition coefficient (Wildman–Crippen LogP) is 3.69. The van der Waals surface area contributed by atoms with Gasteiger partial charge >= 0.3 is 0 Å². The van der Waals surface area contributed by atoms with Crippen molar-refractivity contribution in [3.8, 4) is 0 Å². The third-order valence-corrected chi connectivity index (χ3v) is 5.52. The Kier molecular flexibility index (Phi) is 3.62. The van der Waals surface area contributed by atoms with E-state index in [-0.39, 0.29) is 5.82 Å². The van der Waals surface area contributed by atoms with Crippen molar-refractivity contribution in [3.63, 3.8) is 0 Å². The zero-order valence-corrected chi connectivity index (χ0v) is 11.6. The zero-order chi connectivity index (χ0) is 12.5. The van der Waals surface area contributed by atoms with Crippen LogP contribution in [-0.2, 0) is 6.42 Å². The van der Waals surface area contributed by atoms with E-state index in [1.54, 1.807) is 12.1 Å². The van der Waals surface area contributed by atoms with E-state index >= 15 is 0 Å². The summed E-state index contributed by atoms with van der Waals surface area (Å²) in [6.45, 7) is 0. The number of aryl methyl sites for hydroxylation is 1. The number of thioether (sulfide) groups is 1. The van der Waals surface area contributed by atoms with Crippen LogP contribution in [0.3, 0.4) is 0 Å². The fourth-order valence-corrected chi connectivity index (χ4v) is 4.36. The Morgan fingerprint density at radius 2 is 2.17 bits per heavy atom. The largest absolute Gasteiger partial charge is 0.306 e. The summed E-state index contributed by atoms with van der Waals surface area (Å²) in [5, 5.41) is 4.57. The van der Waals surface area contributed by atoms with Crippen molar-refractivity contribution < 1.29 is 4.39 Å². The van der Waals surface area contributed by atoms with E-state index in [9.17, 15) is 4.39 Å². The molecular weight excluding hydrogens is 245 g/mol. The van der Waals surface area contributed by atoms with E-state index in [4.69, 9.17) is 0 Å². The lowest BCUT2D eigenvalue weighted by Gasteiger charge is -2.24. The molecule has 0 saturated heterocycles. The molecule has 1 saturated carbocycles. The summed E-state index contributed by atoms with van der Waals surface area (Å²) in [4.78, 5) is 0. The van der Waals surface area contributed by atoms with Crippen molar-refractivity contribution in [2.24, 2.45) is 0 Å². The number of hydrogen-bond donors (Lipinski definition) is 1. The molecule has 0 aliphatic heterocycles. The molecule has 2 aliphatic carbocycles. The fourth-order valence-electron chi connectivity index (χ4n) is 3.42. The summed E-state index contributed by atoms with van der Waals surface area (Å²) in [6, 6.07) is 6.36. The standard InChI is InChI=1S/C15H20FNS/c1-18-15-4-2-3-14(15)17-13-8-5-10-9-11(16)6-7-12(10)13/h6-7,9,13-15,17H,2-5,8H2,1H3. The molecule has 0 radical (unpaired) electrons. The van der Waals surface area contributed by atoms with Crippen LogP contribution in [0, 0.1) is 5.82 Å². The van der Waals surface area contributed by atoms with E-state index in [1.165, 1.54) is 30.4 Å². The van der Waals surface area contributed by atoms with E-state index < -0.39 is 0 Å². The molecule has 0 aromatic heterocycles. The van der Waals surface area contributed by atoms with Crippen molar-refractivity contribution in [1.29, 1.82) is 0 Å². The predicted molar refractivity (Wildman–Crippen MR) is 75.5 cm³/mol. The maximum absolute atomic E-state index is 13.2. The molecule has 1 N–H and O–H groups in total. The van der Waals surface area contributed by atoms with E-state index in [0.29, 0.717) is 12.1 Å². The summed E-state index contributed by atoms with van der Waals surface area (Å²) >= 11 is 1.99. The molecule has 0 amide bonds. The molecule has 3 unspecified atom stereocenters. The molecule has 0 heterocycles. The van der Waals surface area contributed by atoms with Gasteiger partial charge in [0.05, 0.1) is 0 Å². The van der Waals surface area contributed by atoms with Crippen LogP contribution in [0.15, 0.2) is 18.2 Å². The average molecular weight is 265 g/mol. The van der Waals surface area contributed by atoms with Crippen LogP contribution in [0.5, 0.6) is 0 Å². The van der Waals surface area contributed by atoms with Gasteiger partial charge in [-0.15, -0.1) is 0 Å². The third kappa shape index (κ3) is 2.30. The molecule has 1 fully saturated rings. The van der Waals surface area contributed by atoms with Crippen molar-refractivity contribution >= 4 is 11.8 Å². The molecule has 1 aromatic rings. The van der Waals surface area contributed by atoms with Gasteiger partial charge in [-0.25, -0.2) is 4.39 Å². The highest BCUT2D eigenvalue weighted by atomic mass is 32.2. The zero-order valence-electron chi connectivity index (χ0n) is 10.8. The second-order valence-corrected chi connectivity index (χ2v) is 6.49. The highest BCUT2D eigenvalue weighted by Crippen LogP contribution is 2.35. The van der Waals surface area contributed by atoms with Gasteiger partial charge in [-0.1, -0.05) is 12.5 Å². The molecule has 1 aromatic carbocycles. The Balaban J connectivity index is 1.73. The lowest BCUT2D eigenvalue weighted by atomic mass is 10.1. The molecule has 3 atom stereocenters. The SMILES string of the molecule is CSC1CCCC1NC1CCc2cc(F)ccc21. The van der Waals surface area contributed by atoms with Crippen molar-refractivity contribution in [2.75, 3.05) is 6.26 Å². The summed E-state index contributed by atoms with van der Waals surface area (Å²) < 4.78 is 13.2. The highest BCUT2D eigenvalue weighted by molar-refractivity contribution is 7.99. The quantitative estimate of drug-likeness (QED) is 0.894. The summed E-state index contributed by atoms with van der Waals surface area (Å²) in [6.07, 6.45) is 8.31.